The van der Waals surface area contributed by atoms with Crippen molar-refractivity contribution < 1.29 is 26.1 Å². The van der Waals surface area contributed by atoms with E-state index in [4.69, 9.17) is 0 Å². The molecule has 0 radical (unpaired) electrons. The Morgan fingerprint density at radius 2 is 1.75 bits per heavy atom. The van der Waals surface area contributed by atoms with E-state index < -0.39 is 22.0 Å². The first-order chi connectivity index (χ1) is 13.1. The van der Waals surface area contributed by atoms with Gasteiger partial charge < -0.3 is 4.52 Å². The van der Waals surface area contributed by atoms with Gasteiger partial charge in [0.25, 0.3) is 10.0 Å². The highest BCUT2D eigenvalue weighted by molar-refractivity contribution is 7.92. The first-order valence-corrected chi connectivity index (χ1v) is 9.81. The van der Waals surface area contributed by atoms with Crippen LogP contribution in [0.1, 0.15) is 18.2 Å². The highest BCUT2D eigenvalue weighted by Gasteiger charge is 2.36. The van der Waals surface area contributed by atoms with Gasteiger partial charge in [0.2, 0.25) is 5.76 Å². The van der Waals surface area contributed by atoms with Crippen LogP contribution in [0.4, 0.5) is 18.9 Å². The molecular formula is C19H17F3N2O3S. The second-order valence-corrected chi connectivity index (χ2v) is 7.89. The number of benzene rings is 2. The first kappa shape index (κ1) is 19.9. The van der Waals surface area contributed by atoms with Gasteiger partial charge in [0.1, 0.15) is 5.69 Å². The maximum atomic E-state index is 13.2. The van der Waals surface area contributed by atoms with Crippen molar-refractivity contribution in [3.63, 3.8) is 0 Å². The van der Waals surface area contributed by atoms with Crippen LogP contribution in [-0.4, -0.2) is 20.1 Å². The van der Waals surface area contributed by atoms with Gasteiger partial charge in [-0.2, -0.15) is 13.2 Å². The van der Waals surface area contributed by atoms with E-state index in [1.807, 2.05) is 0 Å². The minimum absolute atomic E-state index is 0.00717. The predicted molar refractivity (Wildman–Crippen MR) is 98.3 cm³/mol. The standard InChI is InChI=1S/C19H17F3N2O3S/c1-3-24(15-7-5-4-6-8-15)28(25,26)17-11-14(10-9-13(17)2)16-12-18(27-23-16)19(20,21)22/h4-12H,3H2,1-2H3. The highest BCUT2D eigenvalue weighted by Crippen LogP contribution is 2.34. The summed E-state index contributed by atoms with van der Waals surface area (Å²) in [6.07, 6.45) is -4.67. The summed E-state index contributed by atoms with van der Waals surface area (Å²) in [4.78, 5) is -0.00717. The SMILES string of the molecule is CCN(c1ccccc1)S(=O)(=O)c1cc(-c2cc(C(F)(F)F)on2)ccc1C. The number of nitrogens with zero attached hydrogens (tertiary/aromatic N) is 2. The van der Waals surface area contributed by atoms with Crippen molar-refractivity contribution in [3.8, 4) is 11.3 Å². The molecule has 0 bridgehead atoms. The highest BCUT2D eigenvalue weighted by atomic mass is 32.2. The number of halogens is 3. The van der Waals surface area contributed by atoms with Gasteiger partial charge in [-0.25, -0.2) is 8.42 Å². The molecule has 0 fully saturated rings. The van der Waals surface area contributed by atoms with E-state index >= 15 is 0 Å². The van der Waals surface area contributed by atoms with E-state index in [0.29, 0.717) is 11.3 Å². The third-order valence-electron chi connectivity index (χ3n) is 4.17. The molecule has 0 saturated carbocycles. The van der Waals surface area contributed by atoms with E-state index in [-0.39, 0.29) is 22.7 Å². The van der Waals surface area contributed by atoms with Gasteiger partial charge in [0.15, 0.2) is 0 Å². The van der Waals surface area contributed by atoms with Crippen molar-refractivity contribution in [1.82, 2.24) is 5.16 Å². The van der Waals surface area contributed by atoms with Crippen LogP contribution in [0.5, 0.6) is 0 Å². The third-order valence-corrected chi connectivity index (χ3v) is 6.22. The molecule has 2 aromatic carbocycles. The Balaban J connectivity index is 2.07. The summed E-state index contributed by atoms with van der Waals surface area (Å²) in [5, 5.41) is 3.43. The predicted octanol–water partition coefficient (Wildman–Crippen LogP) is 4.88. The van der Waals surface area contributed by atoms with Crippen molar-refractivity contribution in [2.24, 2.45) is 0 Å². The van der Waals surface area contributed by atoms with Crippen LogP contribution in [-0.2, 0) is 16.2 Å². The molecule has 148 valence electrons. The number of aromatic nitrogens is 1. The topological polar surface area (TPSA) is 63.4 Å². The van der Waals surface area contributed by atoms with Crippen LogP contribution in [0.15, 0.2) is 64.0 Å². The summed E-state index contributed by atoms with van der Waals surface area (Å²) < 4.78 is 70.3. The van der Waals surface area contributed by atoms with Crippen LogP contribution in [0.2, 0.25) is 0 Å². The molecule has 3 aromatic rings. The lowest BCUT2D eigenvalue weighted by Gasteiger charge is -2.24. The summed E-state index contributed by atoms with van der Waals surface area (Å²) in [6.45, 7) is 3.52. The molecule has 0 unspecified atom stereocenters. The van der Waals surface area contributed by atoms with E-state index in [1.54, 1.807) is 44.2 Å². The van der Waals surface area contributed by atoms with Crippen molar-refractivity contribution in [3.05, 3.63) is 65.9 Å². The lowest BCUT2D eigenvalue weighted by atomic mass is 10.1. The number of rotatable bonds is 5. The van der Waals surface area contributed by atoms with Gasteiger partial charge in [0, 0.05) is 18.2 Å². The largest absolute Gasteiger partial charge is 0.452 e. The van der Waals surface area contributed by atoms with Gasteiger partial charge in [-0.05, 0) is 37.6 Å². The van der Waals surface area contributed by atoms with E-state index in [1.165, 1.54) is 22.5 Å². The number of alkyl halides is 3. The zero-order valence-corrected chi connectivity index (χ0v) is 15.9. The van der Waals surface area contributed by atoms with Crippen molar-refractivity contribution >= 4 is 15.7 Å². The van der Waals surface area contributed by atoms with Crippen molar-refractivity contribution in [2.75, 3.05) is 10.8 Å². The normalized spacial score (nSPS) is 12.2. The van der Waals surface area contributed by atoms with Crippen LogP contribution < -0.4 is 4.31 Å². The summed E-state index contributed by atoms with van der Waals surface area (Å²) in [5.74, 6) is -1.24. The molecule has 0 spiro atoms. The average Bonchev–Trinajstić information content (AvgIpc) is 3.14. The lowest BCUT2D eigenvalue weighted by Crippen LogP contribution is -2.31. The summed E-state index contributed by atoms with van der Waals surface area (Å²) >= 11 is 0. The van der Waals surface area contributed by atoms with Crippen LogP contribution in [0, 0.1) is 6.92 Å². The Hall–Kier alpha value is -2.81. The van der Waals surface area contributed by atoms with Crippen LogP contribution in [0.3, 0.4) is 0 Å². The fraction of sp³-hybridized carbons (Fsp3) is 0.211. The van der Waals surface area contributed by atoms with Crippen molar-refractivity contribution in [2.45, 2.75) is 24.9 Å². The van der Waals surface area contributed by atoms with E-state index in [0.717, 1.165) is 6.07 Å². The van der Waals surface area contributed by atoms with E-state index in [9.17, 15) is 21.6 Å². The van der Waals surface area contributed by atoms with Crippen molar-refractivity contribution in [1.29, 1.82) is 0 Å². The maximum Gasteiger partial charge on any atom is 0.452 e. The molecule has 0 amide bonds. The van der Waals surface area contributed by atoms with Gasteiger partial charge in [-0.3, -0.25) is 4.31 Å². The molecule has 3 rings (SSSR count). The second-order valence-electron chi connectivity index (χ2n) is 6.06. The second kappa shape index (κ2) is 7.31. The molecule has 0 aliphatic carbocycles. The fourth-order valence-electron chi connectivity index (χ4n) is 2.79. The molecule has 0 atom stereocenters. The van der Waals surface area contributed by atoms with Gasteiger partial charge in [0.05, 0.1) is 10.6 Å². The minimum atomic E-state index is -4.67. The molecule has 0 aliphatic rings. The van der Waals surface area contributed by atoms with Gasteiger partial charge in [-0.15, -0.1) is 0 Å². The summed E-state index contributed by atoms with van der Waals surface area (Å²) in [5.41, 5.74) is 1.09. The number of hydrogen-bond acceptors (Lipinski definition) is 4. The number of anilines is 1. The van der Waals surface area contributed by atoms with E-state index in [2.05, 4.69) is 9.68 Å². The number of para-hydroxylation sites is 1. The zero-order valence-electron chi connectivity index (χ0n) is 15.1. The zero-order chi connectivity index (χ0) is 20.5. The maximum absolute atomic E-state index is 13.2. The quantitative estimate of drug-likeness (QED) is 0.601. The number of aryl methyl sites for hydroxylation is 1. The molecule has 9 heteroatoms. The van der Waals surface area contributed by atoms with Crippen LogP contribution in [0.25, 0.3) is 11.3 Å². The lowest BCUT2D eigenvalue weighted by molar-refractivity contribution is -0.155. The fourth-order valence-corrected chi connectivity index (χ4v) is 4.51. The smallest absolute Gasteiger partial charge is 0.351 e. The Bertz CT molecular complexity index is 1080. The van der Waals surface area contributed by atoms with Crippen LogP contribution >= 0.6 is 0 Å². The first-order valence-electron chi connectivity index (χ1n) is 8.37. The Kier molecular flexibility index (Phi) is 5.20. The Labute approximate surface area is 160 Å². The minimum Gasteiger partial charge on any atom is -0.351 e. The molecular weight excluding hydrogens is 393 g/mol. The molecule has 0 aliphatic heterocycles. The average molecular weight is 410 g/mol. The molecule has 1 aromatic heterocycles. The Morgan fingerprint density at radius 1 is 1.07 bits per heavy atom. The van der Waals surface area contributed by atoms with Gasteiger partial charge in [-0.1, -0.05) is 35.5 Å². The van der Waals surface area contributed by atoms with Gasteiger partial charge >= 0.3 is 6.18 Å². The third kappa shape index (κ3) is 3.75. The molecule has 0 N–H and O–H groups in total. The molecule has 1 heterocycles. The Morgan fingerprint density at radius 3 is 2.32 bits per heavy atom. The summed E-state index contributed by atoms with van der Waals surface area (Å²) in [7, 11) is -3.93. The number of hydrogen-bond donors (Lipinski definition) is 0. The molecule has 5 nitrogen and oxygen atoms in total. The number of sulfonamides is 1. The molecule has 28 heavy (non-hydrogen) atoms. The summed E-state index contributed by atoms with van der Waals surface area (Å²) in [6, 6.07) is 13.7. The molecule has 0 saturated heterocycles. The monoisotopic (exact) mass is 410 g/mol.